The van der Waals surface area contributed by atoms with Crippen LogP contribution in [0.3, 0.4) is 0 Å². The molecule has 0 radical (unpaired) electrons. The van der Waals surface area contributed by atoms with Crippen LogP contribution < -0.4 is 25.4 Å². The fourth-order valence-corrected chi connectivity index (χ4v) is 1.99. The zero-order valence-corrected chi connectivity index (χ0v) is 16.3. The highest BCUT2D eigenvalue weighted by Gasteiger charge is 2.13. The van der Waals surface area contributed by atoms with Gasteiger partial charge in [-0.1, -0.05) is 0 Å². The first-order chi connectivity index (χ1) is 13.2. The third kappa shape index (κ3) is 8.39. The normalized spacial score (nSPS) is 10.0. The highest BCUT2D eigenvalue weighted by atomic mass is 16.5. The molecule has 0 saturated carbocycles. The number of esters is 1. The summed E-state index contributed by atoms with van der Waals surface area (Å²) in [5.41, 5.74) is 0.234. The van der Waals surface area contributed by atoms with E-state index < -0.39 is 30.9 Å². The first-order valence-electron chi connectivity index (χ1n) is 8.48. The van der Waals surface area contributed by atoms with Crippen LogP contribution in [0, 0.1) is 0 Å². The Hall–Kier alpha value is -3.30. The van der Waals surface area contributed by atoms with E-state index in [1.54, 1.807) is 19.9 Å². The molecule has 3 N–H and O–H groups in total. The Balaban J connectivity index is 2.39. The Morgan fingerprint density at radius 3 is 2.04 bits per heavy atom. The molecular weight excluding hydrogens is 370 g/mol. The van der Waals surface area contributed by atoms with Gasteiger partial charge < -0.3 is 30.2 Å². The van der Waals surface area contributed by atoms with Crippen molar-refractivity contribution in [3.05, 3.63) is 23.8 Å². The molecule has 0 bridgehead atoms. The van der Waals surface area contributed by atoms with Crippen molar-refractivity contribution in [1.82, 2.24) is 16.0 Å². The van der Waals surface area contributed by atoms with Gasteiger partial charge in [-0.25, -0.2) is 0 Å². The molecule has 3 amide bonds. The molecular formula is C18H25N3O7. The molecule has 1 rings (SSSR count). The number of amides is 3. The highest BCUT2D eigenvalue weighted by Crippen LogP contribution is 2.22. The van der Waals surface area contributed by atoms with Crippen molar-refractivity contribution < 1.29 is 33.4 Å². The lowest BCUT2D eigenvalue weighted by molar-refractivity contribution is -0.147. The molecule has 0 heterocycles. The molecule has 10 nitrogen and oxygen atoms in total. The predicted molar refractivity (Wildman–Crippen MR) is 99.1 cm³/mol. The van der Waals surface area contributed by atoms with Crippen LogP contribution >= 0.6 is 0 Å². The van der Waals surface area contributed by atoms with Gasteiger partial charge in [-0.15, -0.1) is 0 Å². The molecule has 0 aromatic heterocycles. The summed E-state index contributed by atoms with van der Waals surface area (Å²) in [5, 5.41) is 7.29. The van der Waals surface area contributed by atoms with E-state index in [0.29, 0.717) is 11.5 Å². The topological polar surface area (TPSA) is 132 Å². The molecule has 0 unspecified atom stereocenters. The maximum atomic E-state index is 12.1. The molecule has 154 valence electrons. The van der Waals surface area contributed by atoms with Crippen LogP contribution in [0.15, 0.2) is 18.2 Å². The Morgan fingerprint density at radius 2 is 1.50 bits per heavy atom. The quantitative estimate of drug-likeness (QED) is 0.460. The number of methoxy groups -OCH3 is 2. The van der Waals surface area contributed by atoms with E-state index in [4.69, 9.17) is 14.2 Å². The van der Waals surface area contributed by atoms with E-state index in [-0.39, 0.29) is 24.1 Å². The number of hydrogen-bond acceptors (Lipinski definition) is 7. The van der Waals surface area contributed by atoms with Gasteiger partial charge in [0.15, 0.2) is 6.61 Å². The first kappa shape index (κ1) is 22.7. The van der Waals surface area contributed by atoms with Crippen molar-refractivity contribution in [1.29, 1.82) is 0 Å². The van der Waals surface area contributed by atoms with E-state index >= 15 is 0 Å². The number of rotatable bonds is 10. The van der Waals surface area contributed by atoms with Gasteiger partial charge in [0, 0.05) is 17.7 Å². The fourth-order valence-electron chi connectivity index (χ4n) is 1.99. The largest absolute Gasteiger partial charge is 0.497 e. The van der Waals surface area contributed by atoms with Gasteiger partial charge in [0.2, 0.25) is 5.91 Å². The lowest BCUT2D eigenvalue weighted by Gasteiger charge is -2.10. The molecule has 0 aliphatic carbocycles. The summed E-state index contributed by atoms with van der Waals surface area (Å²) in [4.78, 5) is 46.8. The van der Waals surface area contributed by atoms with Crippen LogP contribution in [0.1, 0.15) is 24.2 Å². The minimum absolute atomic E-state index is 0.0459. The molecule has 0 saturated heterocycles. The maximum absolute atomic E-state index is 12.1. The van der Waals surface area contributed by atoms with Crippen LogP contribution in [0.25, 0.3) is 0 Å². The lowest BCUT2D eigenvalue weighted by Crippen LogP contribution is -2.41. The summed E-state index contributed by atoms with van der Waals surface area (Å²) in [6.07, 6.45) is 0. The molecule has 10 heteroatoms. The molecule has 0 aliphatic rings. The zero-order chi connectivity index (χ0) is 21.1. The highest BCUT2D eigenvalue weighted by molar-refractivity contribution is 5.96. The van der Waals surface area contributed by atoms with Crippen molar-refractivity contribution in [2.75, 3.05) is 33.9 Å². The van der Waals surface area contributed by atoms with E-state index in [2.05, 4.69) is 16.0 Å². The third-order valence-electron chi connectivity index (χ3n) is 3.27. The second kappa shape index (κ2) is 11.4. The Labute approximate surface area is 162 Å². The monoisotopic (exact) mass is 395 g/mol. The summed E-state index contributed by atoms with van der Waals surface area (Å²) >= 11 is 0. The molecule has 0 fully saturated rings. The van der Waals surface area contributed by atoms with Gasteiger partial charge in [0.05, 0.1) is 20.8 Å². The average Bonchev–Trinajstić information content (AvgIpc) is 2.67. The Morgan fingerprint density at radius 1 is 0.893 bits per heavy atom. The van der Waals surface area contributed by atoms with Crippen molar-refractivity contribution in [2.45, 2.75) is 19.9 Å². The summed E-state index contributed by atoms with van der Waals surface area (Å²) in [6.45, 7) is 2.37. The second-order valence-corrected chi connectivity index (χ2v) is 5.94. The predicted octanol–water partition coefficient (Wildman–Crippen LogP) is -0.382. The van der Waals surface area contributed by atoms with Gasteiger partial charge in [-0.2, -0.15) is 0 Å². The maximum Gasteiger partial charge on any atom is 0.325 e. The molecule has 0 atom stereocenters. The fraction of sp³-hybridized carbons (Fsp3) is 0.444. The van der Waals surface area contributed by atoms with Crippen molar-refractivity contribution >= 4 is 23.7 Å². The summed E-state index contributed by atoms with van der Waals surface area (Å²) in [5.74, 6) is -1.48. The van der Waals surface area contributed by atoms with Gasteiger partial charge in [0.25, 0.3) is 11.8 Å². The number of carbonyl (C=O) groups excluding carboxylic acids is 4. The van der Waals surface area contributed by atoms with E-state index in [1.807, 2.05) is 0 Å². The van der Waals surface area contributed by atoms with E-state index in [9.17, 15) is 19.2 Å². The van der Waals surface area contributed by atoms with E-state index in [1.165, 1.54) is 26.4 Å². The number of ether oxygens (including phenoxy) is 3. The summed E-state index contributed by atoms with van der Waals surface area (Å²) in [7, 11) is 2.90. The summed E-state index contributed by atoms with van der Waals surface area (Å²) < 4.78 is 14.9. The SMILES string of the molecule is COc1cc(OC)cc(C(=O)NCC(=O)OCC(=O)NCC(=O)NC(C)C)c1. The Kier molecular flexibility index (Phi) is 9.28. The van der Waals surface area contributed by atoms with E-state index in [0.717, 1.165) is 0 Å². The minimum Gasteiger partial charge on any atom is -0.497 e. The van der Waals surface area contributed by atoms with Crippen LogP contribution in [-0.4, -0.2) is 63.6 Å². The minimum atomic E-state index is -0.801. The molecule has 1 aromatic rings. The Bertz CT molecular complexity index is 697. The van der Waals surface area contributed by atoms with Crippen molar-refractivity contribution in [2.24, 2.45) is 0 Å². The zero-order valence-electron chi connectivity index (χ0n) is 16.3. The number of hydrogen-bond donors (Lipinski definition) is 3. The number of nitrogens with one attached hydrogen (secondary N) is 3. The number of benzene rings is 1. The molecule has 0 aliphatic heterocycles. The van der Waals surface area contributed by atoms with Gasteiger partial charge in [-0.05, 0) is 26.0 Å². The van der Waals surface area contributed by atoms with Crippen LogP contribution in [0.4, 0.5) is 0 Å². The van der Waals surface area contributed by atoms with Crippen LogP contribution in [-0.2, 0) is 19.1 Å². The van der Waals surface area contributed by atoms with Gasteiger partial charge in [-0.3, -0.25) is 19.2 Å². The first-order valence-corrected chi connectivity index (χ1v) is 8.48. The third-order valence-corrected chi connectivity index (χ3v) is 3.27. The average molecular weight is 395 g/mol. The smallest absolute Gasteiger partial charge is 0.325 e. The van der Waals surface area contributed by atoms with Crippen molar-refractivity contribution in [3.8, 4) is 11.5 Å². The lowest BCUT2D eigenvalue weighted by atomic mass is 10.2. The van der Waals surface area contributed by atoms with Crippen LogP contribution in [0.2, 0.25) is 0 Å². The summed E-state index contributed by atoms with van der Waals surface area (Å²) in [6, 6.07) is 4.53. The van der Waals surface area contributed by atoms with Gasteiger partial charge in [0.1, 0.15) is 18.0 Å². The molecule has 28 heavy (non-hydrogen) atoms. The molecule has 1 aromatic carbocycles. The van der Waals surface area contributed by atoms with Gasteiger partial charge >= 0.3 is 5.97 Å². The number of carbonyl (C=O) groups is 4. The molecule has 0 spiro atoms. The van der Waals surface area contributed by atoms with Crippen molar-refractivity contribution in [3.63, 3.8) is 0 Å². The second-order valence-electron chi connectivity index (χ2n) is 5.94. The van der Waals surface area contributed by atoms with Crippen LogP contribution in [0.5, 0.6) is 11.5 Å². The standard InChI is InChI=1S/C18H25N3O7/c1-11(2)21-15(22)8-19-16(23)10-28-17(24)9-20-18(25)12-5-13(26-3)7-14(6-12)27-4/h5-7,11H,8-10H2,1-4H3,(H,19,23)(H,20,25)(H,21,22).